The van der Waals surface area contributed by atoms with Gasteiger partial charge in [0.15, 0.2) is 5.96 Å². The number of likely N-dealkylation sites (N-methyl/N-ethyl adjacent to an activating group) is 1. The minimum atomic E-state index is -4.36. The van der Waals surface area contributed by atoms with E-state index >= 15 is 0 Å². The number of halogens is 3. The third kappa shape index (κ3) is 6.85. The van der Waals surface area contributed by atoms with Gasteiger partial charge >= 0.3 is 6.18 Å². The number of hydrogen-bond donors (Lipinski definition) is 2. The Morgan fingerprint density at radius 1 is 1.03 bits per heavy atom. The quantitative estimate of drug-likeness (QED) is 0.502. The number of guanidine groups is 1. The lowest BCUT2D eigenvalue weighted by atomic mass is 10.1. The molecule has 0 radical (unpaired) electrons. The third-order valence-corrected chi connectivity index (χ3v) is 5.43. The van der Waals surface area contributed by atoms with Crippen LogP contribution in [0.3, 0.4) is 0 Å². The molecule has 1 saturated heterocycles. The normalized spacial score (nSPS) is 15.7. The predicted octanol–water partition coefficient (Wildman–Crippen LogP) is 3.50. The standard InChI is InChI=1S/C23H31F3N6/c1-3-27-22(29-16-18-6-5-7-20(14-18)23(24,25)26)30-17-19-8-9-28-21(15-19)32-12-10-31(4-2)11-13-32/h5-9,14-15H,3-4,10-13,16-17H2,1-2H3,(H2,27,29,30). The van der Waals surface area contributed by atoms with Crippen LogP contribution < -0.4 is 15.5 Å². The minimum Gasteiger partial charge on any atom is -0.357 e. The lowest BCUT2D eigenvalue weighted by Gasteiger charge is -2.34. The molecule has 0 bridgehead atoms. The lowest BCUT2D eigenvalue weighted by Crippen LogP contribution is -2.46. The molecule has 1 aromatic heterocycles. The van der Waals surface area contributed by atoms with Gasteiger partial charge in [-0.2, -0.15) is 13.2 Å². The molecule has 174 valence electrons. The average Bonchev–Trinajstić information content (AvgIpc) is 2.81. The van der Waals surface area contributed by atoms with Crippen molar-refractivity contribution in [2.24, 2.45) is 4.99 Å². The smallest absolute Gasteiger partial charge is 0.357 e. The van der Waals surface area contributed by atoms with Crippen LogP contribution in [-0.4, -0.2) is 55.1 Å². The second-order valence-electron chi connectivity index (χ2n) is 7.69. The van der Waals surface area contributed by atoms with E-state index in [0.29, 0.717) is 24.6 Å². The van der Waals surface area contributed by atoms with E-state index in [1.54, 1.807) is 6.07 Å². The summed E-state index contributed by atoms with van der Waals surface area (Å²) in [6, 6.07) is 9.29. The Kier molecular flexibility index (Phi) is 8.33. The van der Waals surface area contributed by atoms with Crippen molar-refractivity contribution in [1.82, 2.24) is 20.5 Å². The van der Waals surface area contributed by atoms with E-state index in [2.05, 4.69) is 43.4 Å². The van der Waals surface area contributed by atoms with E-state index in [0.717, 1.165) is 56.2 Å². The Morgan fingerprint density at radius 2 is 1.81 bits per heavy atom. The summed E-state index contributed by atoms with van der Waals surface area (Å²) in [6.07, 6.45) is -2.55. The number of alkyl halides is 3. The van der Waals surface area contributed by atoms with Gasteiger partial charge in [-0.15, -0.1) is 0 Å². The summed E-state index contributed by atoms with van der Waals surface area (Å²) in [4.78, 5) is 13.7. The number of nitrogens with zero attached hydrogens (tertiary/aromatic N) is 4. The zero-order chi connectivity index (χ0) is 23.0. The molecule has 9 heteroatoms. The Balaban J connectivity index is 1.61. The first kappa shape index (κ1) is 23.8. The number of nitrogens with one attached hydrogen (secondary N) is 2. The van der Waals surface area contributed by atoms with E-state index in [1.165, 1.54) is 6.07 Å². The zero-order valence-electron chi connectivity index (χ0n) is 18.6. The molecule has 1 aliphatic heterocycles. The van der Waals surface area contributed by atoms with Crippen molar-refractivity contribution < 1.29 is 13.2 Å². The Labute approximate surface area is 187 Å². The van der Waals surface area contributed by atoms with E-state index in [4.69, 9.17) is 0 Å². The molecule has 0 unspecified atom stereocenters. The fraction of sp³-hybridized carbons (Fsp3) is 0.478. The molecule has 3 rings (SSSR count). The molecule has 0 amide bonds. The summed E-state index contributed by atoms with van der Waals surface area (Å²) in [7, 11) is 0. The number of aliphatic imine (C=N–C) groups is 1. The SMILES string of the molecule is CCNC(=NCc1cccc(C(F)(F)F)c1)NCc1ccnc(N2CCN(CC)CC2)c1. The van der Waals surface area contributed by atoms with Crippen molar-refractivity contribution >= 4 is 11.8 Å². The van der Waals surface area contributed by atoms with Crippen LogP contribution in [0.4, 0.5) is 19.0 Å². The van der Waals surface area contributed by atoms with Crippen molar-refractivity contribution in [2.75, 3.05) is 44.2 Å². The number of anilines is 1. The number of hydrogen-bond acceptors (Lipinski definition) is 4. The highest BCUT2D eigenvalue weighted by Crippen LogP contribution is 2.29. The first-order valence-electron chi connectivity index (χ1n) is 11.0. The molecule has 6 nitrogen and oxygen atoms in total. The summed E-state index contributed by atoms with van der Waals surface area (Å²) in [5, 5.41) is 6.40. The van der Waals surface area contributed by atoms with Gasteiger partial charge < -0.3 is 20.4 Å². The number of pyridine rings is 1. The highest BCUT2D eigenvalue weighted by atomic mass is 19.4. The van der Waals surface area contributed by atoms with Crippen LogP contribution in [-0.2, 0) is 19.3 Å². The van der Waals surface area contributed by atoms with Crippen LogP contribution in [0, 0.1) is 0 Å². The lowest BCUT2D eigenvalue weighted by molar-refractivity contribution is -0.137. The third-order valence-electron chi connectivity index (χ3n) is 5.43. The summed E-state index contributed by atoms with van der Waals surface area (Å²) in [6.45, 7) is 10.5. The summed E-state index contributed by atoms with van der Waals surface area (Å²) >= 11 is 0. The monoisotopic (exact) mass is 448 g/mol. The summed E-state index contributed by atoms with van der Waals surface area (Å²) in [5.41, 5.74) is 0.916. The van der Waals surface area contributed by atoms with E-state index in [9.17, 15) is 13.2 Å². The van der Waals surface area contributed by atoms with Crippen LogP contribution in [0.2, 0.25) is 0 Å². The second kappa shape index (κ2) is 11.2. The predicted molar refractivity (Wildman–Crippen MR) is 122 cm³/mol. The Bertz CT molecular complexity index is 891. The van der Waals surface area contributed by atoms with Gasteiger partial charge in [0.2, 0.25) is 0 Å². The Morgan fingerprint density at radius 3 is 2.50 bits per heavy atom. The molecule has 0 saturated carbocycles. The topological polar surface area (TPSA) is 55.8 Å². The molecule has 0 atom stereocenters. The van der Waals surface area contributed by atoms with Crippen LogP contribution in [0.15, 0.2) is 47.6 Å². The fourth-order valence-electron chi connectivity index (χ4n) is 3.58. The van der Waals surface area contributed by atoms with Crippen molar-refractivity contribution in [3.05, 3.63) is 59.3 Å². The molecule has 1 aromatic carbocycles. The molecule has 2 heterocycles. The van der Waals surface area contributed by atoms with Gasteiger partial charge in [-0.25, -0.2) is 9.98 Å². The van der Waals surface area contributed by atoms with Gasteiger partial charge in [-0.1, -0.05) is 19.1 Å². The van der Waals surface area contributed by atoms with Crippen LogP contribution in [0.25, 0.3) is 0 Å². The second-order valence-corrected chi connectivity index (χ2v) is 7.69. The molecule has 32 heavy (non-hydrogen) atoms. The number of rotatable bonds is 7. The van der Waals surface area contributed by atoms with Crippen molar-refractivity contribution in [2.45, 2.75) is 33.1 Å². The summed E-state index contributed by atoms with van der Waals surface area (Å²) < 4.78 is 38.8. The molecular weight excluding hydrogens is 417 g/mol. The van der Waals surface area contributed by atoms with Gasteiger partial charge in [0.05, 0.1) is 12.1 Å². The van der Waals surface area contributed by atoms with Crippen LogP contribution >= 0.6 is 0 Å². The molecular formula is C23H31F3N6. The molecule has 0 spiro atoms. The average molecular weight is 449 g/mol. The van der Waals surface area contributed by atoms with Gasteiger partial charge in [0.25, 0.3) is 0 Å². The van der Waals surface area contributed by atoms with Gasteiger partial charge in [-0.05, 0) is 48.9 Å². The number of aromatic nitrogens is 1. The highest BCUT2D eigenvalue weighted by Gasteiger charge is 2.30. The maximum Gasteiger partial charge on any atom is 0.416 e. The number of benzene rings is 1. The van der Waals surface area contributed by atoms with Crippen molar-refractivity contribution in [3.63, 3.8) is 0 Å². The van der Waals surface area contributed by atoms with Gasteiger partial charge in [-0.3, -0.25) is 0 Å². The molecule has 1 fully saturated rings. The molecule has 0 aliphatic carbocycles. The fourth-order valence-corrected chi connectivity index (χ4v) is 3.58. The maximum absolute atomic E-state index is 12.9. The largest absolute Gasteiger partial charge is 0.416 e. The maximum atomic E-state index is 12.9. The van der Waals surface area contributed by atoms with E-state index in [-0.39, 0.29) is 6.54 Å². The first-order chi connectivity index (χ1) is 15.4. The Hall–Kier alpha value is -2.81. The molecule has 2 aromatic rings. The highest BCUT2D eigenvalue weighted by molar-refractivity contribution is 5.79. The van der Waals surface area contributed by atoms with Crippen LogP contribution in [0.1, 0.15) is 30.5 Å². The van der Waals surface area contributed by atoms with Crippen molar-refractivity contribution in [1.29, 1.82) is 0 Å². The van der Waals surface area contributed by atoms with Crippen molar-refractivity contribution in [3.8, 4) is 0 Å². The first-order valence-corrected chi connectivity index (χ1v) is 11.0. The van der Waals surface area contributed by atoms with Crippen LogP contribution in [0.5, 0.6) is 0 Å². The molecule has 2 N–H and O–H groups in total. The van der Waals surface area contributed by atoms with E-state index < -0.39 is 11.7 Å². The van der Waals surface area contributed by atoms with E-state index in [1.807, 2.05) is 19.2 Å². The minimum absolute atomic E-state index is 0.155. The molecule has 1 aliphatic rings. The van der Waals surface area contributed by atoms with Gasteiger partial charge in [0.1, 0.15) is 5.82 Å². The number of piperazine rings is 1. The summed E-state index contributed by atoms with van der Waals surface area (Å²) in [5.74, 6) is 1.52. The zero-order valence-corrected chi connectivity index (χ0v) is 18.6. The van der Waals surface area contributed by atoms with Gasteiger partial charge in [0, 0.05) is 45.5 Å².